The summed E-state index contributed by atoms with van der Waals surface area (Å²) < 4.78 is 0.949. The number of nitrogens with zero attached hydrogens (tertiary/aromatic N) is 1. The standard InChI is InChI=1S/C17H26BrClN2/c1-17(2,3)13-6-8-21(9-7-13)16(11-20)12-4-5-15(19)14(18)10-12/h4-5,10,13,16H,6-9,11,20H2,1-3H3. The van der Waals surface area contributed by atoms with Crippen LogP contribution in [0.3, 0.4) is 0 Å². The maximum atomic E-state index is 6.09. The molecule has 1 atom stereocenters. The van der Waals surface area contributed by atoms with Crippen LogP contribution in [0.25, 0.3) is 0 Å². The monoisotopic (exact) mass is 372 g/mol. The van der Waals surface area contributed by atoms with Gasteiger partial charge in [-0.1, -0.05) is 38.4 Å². The second-order valence-electron chi connectivity index (χ2n) is 7.10. The molecule has 1 aromatic rings. The van der Waals surface area contributed by atoms with Gasteiger partial charge in [0.15, 0.2) is 0 Å². The zero-order valence-corrected chi connectivity index (χ0v) is 15.5. The molecular formula is C17H26BrClN2. The summed E-state index contributed by atoms with van der Waals surface area (Å²) in [6, 6.07) is 6.45. The maximum Gasteiger partial charge on any atom is 0.0548 e. The Hall–Kier alpha value is -0.0900. The van der Waals surface area contributed by atoms with Gasteiger partial charge in [-0.2, -0.15) is 0 Å². The summed E-state index contributed by atoms with van der Waals surface area (Å²) in [5.74, 6) is 0.809. The number of nitrogens with two attached hydrogens (primary N) is 1. The zero-order valence-electron chi connectivity index (χ0n) is 13.2. The van der Waals surface area contributed by atoms with E-state index in [4.69, 9.17) is 17.3 Å². The van der Waals surface area contributed by atoms with Crippen molar-refractivity contribution < 1.29 is 0 Å². The Labute approximate surface area is 142 Å². The predicted molar refractivity (Wildman–Crippen MR) is 94.7 cm³/mol. The quantitative estimate of drug-likeness (QED) is 0.819. The highest BCUT2D eigenvalue weighted by Crippen LogP contribution is 2.37. The SMILES string of the molecule is CC(C)(C)C1CCN(C(CN)c2ccc(Cl)c(Br)c2)CC1. The van der Waals surface area contributed by atoms with Crippen LogP contribution in [0.2, 0.25) is 5.02 Å². The lowest BCUT2D eigenvalue weighted by atomic mass is 9.75. The maximum absolute atomic E-state index is 6.09. The molecule has 1 aliphatic rings. The first-order valence-electron chi connectivity index (χ1n) is 7.72. The van der Waals surface area contributed by atoms with Gasteiger partial charge in [0.25, 0.3) is 0 Å². The third-order valence-electron chi connectivity index (χ3n) is 4.75. The van der Waals surface area contributed by atoms with Crippen molar-refractivity contribution in [2.24, 2.45) is 17.1 Å². The zero-order chi connectivity index (χ0) is 15.6. The number of benzene rings is 1. The van der Waals surface area contributed by atoms with E-state index in [1.165, 1.54) is 18.4 Å². The molecular weight excluding hydrogens is 348 g/mol. The van der Waals surface area contributed by atoms with E-state index in [9.17, 15) is 0 Å². The van der Waals surface area contributed by atoms with Crippen LogP contribution in [-0.2, 0) is 0 Å². The minimum atomic E-state index is 0.291. The summed E-state index contributed by atoms with van der Waals surface area (Å²) in [4.78, 5) is 2.53. The van der Waals surface area contributed by atoms with Gasteiger partial charge in [-0.25, -0.2) is 0 Å². The lowest BCUT2D eigenvalue weighted by molar-refractivity contribution is 0.0846. The number of piperidine rings is 1. The van der Waals surface area contributed by atoms with Crippen molar-refractivity contribution in [2.75, 3.05) is 19.6 Å². The topological polar surface area (TPSA) is 29.3 Å². The van der Waals surface area contributed by atoms with E-state index in [1.807, 2.05) is 6.07 Å². The summed E-state index contributed by atoms with van der Waals surface area (Å²) in [6.45, 7) is 9.96. The summed E-state index contributed by atoms with van der Waals surface area (Å²) in [7, 11) is 0. The third-order valence-corrected chi connectivity index (χ3v) is 5.96. The molecule has 0 saturated carbocycles. The van der Waals surface area contributed by atoms with Crippen LogP contribution in [0.4, 0.5) is 0 Å². The van der Waals surface area contributed by atoms with Gasteiger partial charge in [-0.3, -0.25) is 4.90 Å². The highest BCUT2D eigenvalue weighted by atomic mass is 79.9. The second-order valence-corrected chi connectivity index (χ2v) is 8.36. The molecule has 1 aromatic carbocycles. The van der Waals surface area contributed by atoms with Crippen LogP contribution in [0.1, 0.15) is 45.2 Å². The fraction of sp³-hybridized carbons (Fsp3) is 0.647. The highest BCUT2D eigenvalue weighted by Gasteiger charge is 2.31. The van der Waals surface area contributed by atoms with Gasteiger partial charge in [0.05, 0.1) is 5.02 Å². The van der Waals surface area contributed by atoms with Gasteiger partial charge in [0.1, 0.15) is 0 Å². The van der Waals surface area contributed by atoms with E-state index >= 15 is 0 Å². The fourth-order valence-electron chi connectivity index (χ4n) is 3.29. The van der Waals surface area contributed by atoms with Crippen molar-refractivity contribution in [2.45, 2.75) is 39.7 Å². The number of rotatable bonds is 3. The van der Waals surface area contributed by atoms with Crippen LogP contribution in [0, 0.1) is 11.3 Å². The van der Waals surface area contributed by atoms with Crippen LogP contribution in [0.15, 0.2) is 22.7 Å². The number of likely N-dealkylation sites (tertiary alicyclic amines) is 1. The Morgan fingerprint density at radius 1 is 1.33 bits per heavy atom. The van der Waals surface area contributed by atoms with Crippen molar-refractivity contribution in [1.29, 1.82) is 0 Å². The normalized spacial score (nSPS) is 19.7. The molecule has 2 rings (SSSR count). The molecule has 0 spiro atoms. The Kier molecular flexibility index (Phi) is 5.75. The fourth-order valence-corrected chi connectivity index (χ4v) is 3.81. The molecule has 4 heteroatoms. The van der Waals surface area contributed by atoms with E-state index in [0.717, 1.165) is 28.5 Å². The first-order valence-corrected chi connectivity index (χ1v) is 8.89. The number of halogens is 2. The van der Waals surface area contributed by atoms with E-state index in [1.54, 1.807) is 0 Å². The van der Waals surface area contributed by atoms with Crippen molar-refractivity contribution in [1.82, 2.24) is 4.90 Å². The molecule has 2 N–H and O–H groups in total. The average molecular weight is 374 g/mol. The molecule has 0 aromatic heterocycles. The minimum absolute atomic E-state index is 0.291. The molecule has 1 saturated heterocycles. The van der Waals surface area contributed by atoms with Crippen molar-refractivity contribution in [3.8, 4) is 0 Å². The van der Waals surface area contributed by atoms with Crippen molar-refractivity contribution >= 4 is 27.5 Å². The molecule has 0 radical (unpaired) electrons. The van der Waals surface area contributed by atoms with Gasteiger partial charge >= 0.3 is 0 Å². The van der Waals surface area contributed by atoms with Crippen molar-refractivity contribution in [3.05, 3.63) is 33.3 Å². The first-order chi connectivity index (χ1) is 9.82. The Morgan fingerprint density at radius 2 is 1.95 bits per heavy atom. The van der Waals surface area contributed by atoms with E-state index in [-0.39, 0.29) is 0 Å². The third kappa shape index (κ3) is 4.22. The Bertz CT molecular complexity index is 476. The molecule has 1 fully saturated rings. The van der Waals surface area contributed by atoms with Gasteiger partial charge < -0.3 is 5.73 Å². The van der Waals surface area contributed by atoms with Gasteiger partial charge in [0.2, 0.25) is 0 Å². The largest absolute Gasteiger partial charge is 0.329 e. The molecule has 0 bridgehead atoms. The lowest BCUT2D eigenvalue weighted by Gasteiger charge is -2.41. The molecule has 1 aliphatic heterocycles. The number of hydrogen-bond donors (Lipinski definition) is 1. The molecule has 0 amide bonds. The predicted octanol–water partition coefficient (Wildman–Crippen LogP) is 4.86. The Morgan fingerprint density at radius 3 is 2.43 bits per heavy atom. The molecule has 118 valence electrons. The molecule has 2 nitrogen and oxygen atoms in total. The van der Waals surface area contributed by atoms with Gasteiger partial charge in [0, 0.05) is 17.1 Å². The van der Waals surface area contributed by atoms with E-state index < -0.39 is 0 Å². The van der Waals surface area contributed by atoms with Crippen LogP contribution in [-0.4, -0.2) is 24.5 Å². The summed E-state index contributed by atoms with van der Waals surface area (Å²) in [6.07, 6.45) is 2.52. The average Bonchev–Trinajstić information content (AvgIpc) is 2.43. The van der Waals surface area contributed by atoms with Crippen molar-refractivity contribution in [3.63, 3.8) is 0 Å². The number of hydrogen-bond acceptors (Lipinski definition) is 2. The first kappa shape index (κ1) is 17.3. The molecule has 21 heavy (non-hydrogen) atoms. The van der Waals surface area contributed by atoms with E-state index in [0.29, 0.717) is 18.0 Å². The lowest BCUT2D eigenvalue weighted by Crippen LogP contribution is -2.42. The Balaban J connectivity index is 2.07. The second kappa shape index (κ2) is 6.99. The van der Waals surface area contributed by atoms with Crippen LogP contribution in [0.5, 0.6) is 0 Å². The minimum Gasteiger partial charge on any atom is -0.329 e. The summed E-state index contributed by atoms with van der Waals surface area (Å²) >= 11 is 9.60. The smallest absolute Gasteiger partial charge is 0.0548 e. The summed E-state index contributed by atoms with van der Waals surface area (Å²) in [5, 5.41) is 0.751. The molecule has 1 unspecified atom stereocenters. The van der Waals surface area contributed by atoms with Gasteiger partial charge in [-0.05, 0) is 70.9 Å². The summed E-state index contributed by atoms with van der Waals surface area (Å²) in [5.41, 5.74) is 7.72. The van der Waals surface area contributed by atoms with Crippen LogP contribution >= 0.6 is 27.5 Å². The molecule has 0 aliphatic carbocycles. The van der Waals surface area contributed by atoms with Gasteiger partial charge in [-0.15, -0.1) is 0 Å². The van der Waals surface area contributed by atoms with Crippen LogP contribution < -0.4 is 5.73 Å². The highest BCUT2D eigenvalue weighted by molar-refractivity contribution is 9.10. The van der Waals surface area contributed by atoms with E-state index in [2.05, 4.69) is 53.7 Å². The molecule has 1 heterocycles.